The van der Waals surface area contributed by atoms with E-state index in [1.807, 2.05) is 28.8 Å². The van der Waals surface area contributed by atoms with Crippen LogP contribution in [-0.2, 0) is 11.3 Å². The molecule has 220 valence electrons. The fraction of sp³-hybridized carbons (Fsp3) is 0.250. The molecule has 0 saturated carbocycles. The van der Waals surface area contributed by atoms with Gasteiger partial charge in [0.15, 0.2) is 5.58 Å². The van der Waals surface area contributed by atoms with Crippen LogP contribution in [0.2, 0.25) is 0 Å². The molecule has 0 atom stereocenters. The van der Waals surface area contributed by atoms with Crippen LogP contribution < -0.4 is 4.90 Å². The van der Waals surface area contributed by atoms with E-state index in [-0.39, 0.29) is 6.54 Å². The normalized spacial score (nSPS) is 11.8. The molecule has 4 aromatic carbocycles. The lowest BCUT2D eigenvalue weighted by Crippen LogP contribution is -2.25. The van der Waals surface area contributed by atoms with Crippen molar-refractivity contribution in [2.24, 2.45) is 0 Å². The number of fused-ring (bicyclic) bond motifs is 10. The highest BCUT2D eigenvalue weighted by Gasteiger charge is 2.27. The molecule has 0 aliphatic rings. The van der Waals surface area contributed by atoms with Crippen LogP contribution in [0.4, 0.5) is 5.69 Å². The van der Waals surface area contributed by atoms with Gasteiger partial charge in [-0.25, -0.2) is 4.98 Å². The first-order chi connectivity index (χ1) is 21.5. The van der Waals surface area contributed by atoms with Crippen molar-refractivity contribution in [1.82, 2.24) is 9.55 Å². The molecule has 0 unspecified atom stereocenters. The summed E-state index contributed by atoms with van der Waals surface area (Å²) < 4.78 is 14.9. The van der Waals surface area contributed by atoms with Crippen molar-refractivity contribution in [2.45, 2.75) is 46.1 Å². The Morgan fingerprint density at radius 1 is 0.932 bits per heavy atom. The molecule has 0 aliphatic carbocycles. The molecule has 44 heavy (non-hydrogen) atoms. The van der Waals surface area contributed by atoms with Crippen LogP contribution in [0.5, 0.6) is 0 Å². The third-order valence-electron chi connectivity index (χ3n) is 8.43. The zero-order valence-electron chi connectivity index (χ0n) is 24.8. The van der Waals surface area contributed by atoms with Gasteiger partial charge in [0.25, 0.3) is 0 Å². The van der Waals surface area contributed by atoms with Crippen molar-refractivity contribution in [3.8, 4) is 17.5 Å². The number of hydrogen-bond acceptors (Lipinski definition) is 6. The lowest BCUT2D eigenvalue weighted by atomic mass is 10.0. The number of unbranched alkanes of at least 4 members (excludes halogenated alkanes) is 2. The molecule has 0 bridgehead atoms. The van der Waals surface area contributed by atoms with Gasteiger partial charge in [0.05, 0.1) is 17.1 Å². The van der Waals surface area contributed by atoms with E-state index in [4.69, 9.17) is 13.8 Å². The molecule has 8 heteroatoms. The molecule has 3 aromatic heterocycles. The molecule has 0 saturated heterocycles. The third kappa shape index (κ3) is 4.44. The summed E-state index contributed by atoms with van der Waals surface area (Å²) in [5.41, 5.74) is 6.20. The Hall–Kier alpha value is -5.29. The quantitative estimate of drug-likeness (QED) is 0.171. The van der Waals surface area contributed by atoms with Gasteiger partial charge in [-0.05, 0) is 55.3 Å². The Balaban J connectivity index is 1.57. The molecule has 0 spiro atoms. The number of benzene rings is 4. The van der Waals surface area contributed by atoms with Crippen molar-refractivity contribution in [3.63, 3.8) is 0 Å². The number of aromatic nitrogens is 2. The van der Waals surface area contributed by atoms with E-state index in [9.17, 15) is 15.2 Å². The van der Waals surface area contributed by atoms with E-state index in [2.05, 4.69) is 43.0 Å². The van der Waals surface area contributed by atoms with E-state index in [1.165, 1.54) is 0 Å². The first kappa shape index (κ1) is 27.5. The molecule has 0 radical (unpaired) electrons. The summed E-state index contributed by atoms with van der Waals surface area (Å²) in [6.45, 7) is 6.15. The number of carboxylic acids is 1. The van der Waals surface area contributed by atoms with Crippen LogP contribution in [0, 0.1) is 11.3 Å². The van der Waals surface area contributed by atoms with Crippen LogP contribution in [0.25, 0.3) is 66.3 Å². The number of anilines is 1. The van der Waals surface area contributed by atoms with Gasteiger partial charge in [-0.2, -0.15) is 5.26 Å². The van der Waals surface area contributed by atoms with Gasteiger partial charge in [-0.15, -0.1) is 0 Å². The highest BCUT2D eigenvalue weighted by molar-refractivity contribution is 6.34. The fourth-order valence-electron chi connectivity index (χ4n) is 6.31. The van der Waals surface area contributed by atoms with Gasteiger partial charge >= 0.3 is 5.97 Å². The molecule has 1 N–H and O–H groups in total. The second kappa shape index (κ2) is 11.1. The van der Waals surface area contributed by atoms with Gasteiger partial charge in [0, 0.05) is 57.5 Å². The number of hydrogen-bond donors (Lipinski definition) is 1. The Bertz CT molecular complexity index is 2220. The highest BCUT2D eigenvalue weighted by atomic mass is 16.4. The number of nitrogens with zero attached hydrogens (tertiary/aromatic N) is 4. The largest absolute Gasteiger partial charge is 0.480 e. The number of furan rings is 1. The maximum atomic E-state index is 12.1. The number of carbonyl (C=O) groups is 1. The summed E-state index contributed by atoms with van der Waals surface area (Å²) in [5, 5.41) is 22.9. The standard InChI is InChI=1S/C36H32N4O4/c1-3-5-17-39(18-6-4-2)24-15-16-26-28(19-24)43-34-31(26)30-25-9-7-8-10-27(25)40(21-29(41)42)33(30)32-35(34)44-36(38-32)23-13-11-22(20-37)12-14-23/h7-16,19H,3-6,17-18,21H2,1-2H3,(H,41,42). The summed E-state index contributed by atoms with van der Waals surface area (Å²) in [4.78, 5) is 19.5. The van der Waals surface area contributed by atoms with E-state index in [1.54, 1.807) is 24.3 Å². The van der Waals surface area contributed by atoms with Crippen LogP contribution in [0.1, 0.15) is 45.1 Å². The smallest absolute Gasteiger partial charge is 0.323 e. The average molecular weight is 585 g/mol. The summed E-state index contributed by atoms with van der Waals surface area (Å²) in [5.74, 6) is -0.575. The highest BCUT2D eigenvalue weighted by Crippen LogP contribution is 2.46. The van der Waals surface area contributed by atoms with E-state index in [0.29, 0.717) is 39.2 Å². The van der Waals surface area contributed by atoms with Crippen LogP contribution in [0.15, 0.2) is 75.6 Å². The topological polar surface area (TPSA) is 108 Å². The molecule has 8 nitrogen and oxygen atoms in total. The first-order valence-corrected chi connectivity index (χ1v) is 15.2. The Kier molecular flexibility index (Phi) is 6.94. The van der Waals surface area contributed by atoms with Crippen LogP contribution in [-0.4, -0.2) is 33.7 Å². The summed E-state index contributed by atoms with van der Waals surface area (Å²) >= 11 is 0. The maximum absolute atomic E-state index is 12.1. The monoisotopic (exact) mass is 584 g/mol. The minimum atomic E-state index is -0.947. The van der Waals surface area contributed by atoms with Gasteiger partial charge in [-0.3, -0.25) is 4.79 Å². The number of rotatable bonds is 10. The van der Waals surface area contributed by atoms with E-state index >= 15 is 0 Å². The predicted octanol–water partition coefficient (Wildman–Crippen LogP) is 8.86. The minimum absolute atomic E-state index is 0.229. The van der Waals surface area contributed by atoms with Crippen LogP contribution >= 0.6 is 0 Å². The molecular weight excluding hydrogens is 552 g/mol. The molecular formula is C36H32N4O4. The lowest BCUT2D eigenvalue weighted by Gasteiger charge is -2.24. The number of nitriles is 1. The molecule has 3 heterocycles. The van der Waals surface area contributed by atoms with E-state index in [0.717, 1.165) is 77.1 Å². The SMILES string of the molecule is CCCCN(CCCC)c1ccc2c(c1)oc1c3oc(-c4ccc(C#N)cc4)nc3c3c(c4ccccc4n3CC(=O)O)c21. The molecule has 0 fully saturated rings. The van der Waals surface area contributed by atoms with Gasteiger partial charge in [0.2, 0.25) is 11.5 Å². The summed E-state index contributed by atoms with van der Waals surface area (Å²) in [7, 11) is 0. The number of carboxylic acid groups (broad SMARTS) is 1. The Morgan fingerprint density at radius 3 is 2.39 bits per heavy atom. The van der Waals surface area contributed by atoms with Crippen LogP contribution in [0.3, 0.4) is 0 Å². The predicted molar refractivity (Wildman–Crippen MR) is 174 cm³/mol. The van der Waals surface area contributed by atoms with Crippen molar-refractivity contribution in [1.29, 1.82) is 5.26 Å². The first-order valence-electron chi connectivity index (χ1n) is 15.2. The third-order valence-corrected chi connectivity index (χ3v) is 8.43. The zero-order chi connectivity index (χ0) is 30.4. The second-order valence-electron chi connectivity index (χ2n) is 11.3. The van der Waals surface area contributed by atoms with Crippen molar-refractivity contribution in [2.75, 3.05) is 18.0 Å². The number of para-hydroxylation sites is 1. The van der Waals surface area contributed by atoms with Crippen molar-refractivity contribution >= 4 is 66.5 Å². The number of oxazole rings is 1. The summed E-state index contributed by atoms with van der Waals surface area (Å²) in [6.07, 6.45) is 4.47. The minimum Gasteiger partial charge on any atom is -0.480 e. The second-order valence-corrected chi connectivity index (χ2v) is 11.3. The number of aliphatic carboxylic acids is 1. The van der Waals surface area contributed by atoms with Crippen molar-refractivity contribution < 1.29 is 18.7 Å². The summed E-state index contributed by atoms with van der Waals surface area (Å²) in [6, 6.07) is 23.4. The van der Waals surface area contributed by atoms with Crippen molar-refractivity contribution in [3.05, 3.63) is 72.3 Å². The molecule has 0 amide bonds. The van der Waals surface area contributed by atoms with Gasteiger partial charge < -0.3 is 23.4 Å². The van der Waals surface area contributed by atoms with Gasteiger partial charge in [-0.1, -0.05) is 44.9 Å². The molecule has 0 aliphatic heterocycles. The Labute approximate surface area is 253 Å². The molecule has 7 rings (SSSR count). The zero-order valence-corrected chi connectivity index (χ0v) is 24.8. The lowest BCUT2D eigenvalue weighted by molar-refractivity contribution is -0.137. The van der Waals surface area contributed by atoms with E-state index < -0.39 is 5.97 Å². The van der Waals surface area contributed by atoms with Gasteiger partial charge in [0.1, 0.15) is 17.6 Å². The molecule has 7 aromatic rings. The average Bonchev–Trinajstić information content (AvgIpc) is 3.73. The Morgan fingerprint density at radius 2 is 1.68 bits per heavy atom. The fourth-order valence-corrected chi connectivity index (χ4v) is 6.31. The maximum Gasteiger partial charge on any atom is 0.323 e.